The molecule has 0 aliphatic rings. The molecule has 9 rings (SSSR count). The summed E-state index contributed by atoms with van der Waals surface area (Å²) < 4.78 is 5.24. The Bertz CT molecular complexity index is 2470. The minimum atomic E-state index is 1.16. The van der Waals surface area contributed by atoms with Crippen LogP contribution in [0, 0.1) is 0 Å². The maximum absolute atomic E-state index is 2.52. The first-order valence-electron chi connectivity index (χ1n) is 14.5. The molecule has 0 N–H and O–H groups in total. The average molecular weight is 584 g/mol. The lowest BCUT2D eigenvalue weighted by atomic mass is 9.98. The van der Waals surface area contributed by atoms with Crippen LogP contribution < -0.4 is 4.90 Å². The molecular weight excluding hydrogens is 559 g/mol. The molecule has 2 heterocycles. The van der Waals surface area contributed by atoms with Crippen molar-refractivity contribution in [2.45, 2.75) is 0 Å². The van der Waals surface area contributed by atoms with Crippen molar-refractivity contribution >= 4 is 90.9 Å². The molecule has 0 aliphatic heterocycles. The van der Waals surface area contributed by atoms with Gasteiger partial charge >= 0.3 is 0 Å². The van der Waals surface area contributed by atoms with E-state index in [1.54, 1.807) is 0 Å². The van der Waals surface area contributed by atoms with Crippen LogP contribution in [0.5, 0.6) is 0 Å². The minimum Gasteiger partial charge on any atom is -0.309 e. The molecule has 0 unspecified atom stereocenters. The number of anilines is 3. The van der Waals surface area contributed by atoms with Crippen molar-refractivity contribution in [3.63, 3.8) is 0 Å². The van der Waals surface area contributed by atoms with Gasteiger partial charge < -0.3 is 4.90 Å². The minimum absolute atomic E-state index is 1.16. The summed E-state index contributed by atoms with van der Waals surface area (Å²) in [5.41, 5.74) is 5.98. The van der Waals surface area contributed by atoms with Crippen molar-refractivity contribution in [2.75, 3.05) is 4.90 Å². The van der Waals surface area contributed by atoms with Gasteiger partial charge in [0, 0.05) is 57.0 Å². The third-order valence-electron chi connectivity index (χ3n) is 8.44. The Labute approximate surface area is 257 Å². The van der Waals surface area contributed by atoms with Crippen molar-refractivity contribution in [3.8, 4) is 11.1 Å². The monoisotopic (exact) mass is 583 g/mol. The summed E-state index contributed by atoms with van der Waals surface area (Å²) in [4.78, 5) is 2.52. The van der Waals surface area contributed by atoms with Crippen molar-refractivity contribution in [1.29, 1.82) is 0 Å². The van der Waals surface area contributed by atoms with E-state index in [1.165, 1.54) is 73.6 Å². The molecule has 0 aliphatic carbocycles. The summed E-state index contributed by atoms with van der Waals surface area (Å²) in [5, 5.41) is 7.73. The van der Waals surface area contributed by atoms with Crippen molar-refractivity contribution in [2.24, 2.45) is 0 Å². The molecule has 0 atom stereocenters. The molecule has 3 heteroatoms. The van der Waals surface area contributed by atoms with Crippen molar-refractivity contribution in [3.05, 3.63) is 152 Å². The second kappa shape index (κ2) is 9.81. The van der Waals surface area contributed by atoms with Gasteiger partial charge in [0.15, 0.2) is 0 Å². The topological polar surface area (TPSA) is 3.24 Å². The molecular formula is C40H25NS2. The van der Waals surface area contributed by atoms with E-state index in [4.69, 9.17) is 0 Å². The number of rotatable bonds is 4. The fourth-order valence-electron chi connectivity index (χ4n) is 6.53. The zero-order valence-corrected chi connectivity index (χ0v) is 24.8. The summed E-state index contributed by atoms with van der Waals surface area (Å²) in [6.07, 6.45) is 0. The van der Waals surface area contributed by atoms with E-state index in [1.807, 2.05) is 22.7 Å². The number of nitrogens with zero attached hydrogens (tertiary/aromatic N) is 1. The highest BCUT2D eigenvalue weighted by atomic mass is 32.1. The SMILES string of the molecule is c1ccc(-c2ccccc2N(c2ccc3c(c2)sc2ccccc23)c2c3ccccc3cc3sc4ccccc4c23)cc1. The summed E-state index contributed by atoms with van der Waals surface area (Å²) in [6, 6.07) is 55.4. The maximum Gasteiger partial charge on any atom is 0.0633 e. The number of thiophene rings is 2. The second-order valence-corrected chi connectivity index (χ2v) is 13.1. The fraction of sp³-hybridized carbons (Fsp3) is 0. The Morgan fingerprint density at radius 3 is 1.91 bits per heavy atom. The van der Waals surface area contributed by atoms with E-state index in [9.17, 15) is 0 Å². The van der Waals surface area contributed by atoms with Crippen LogP contribution in [0.25, 0.3) is 62.2 Å². The molecule has 202 valence electrons. The molecule has 0 spiro atoms. The number of hydrogen-bond donors (Lipinski definition) is 0. The molecule has 1 nitrogen and oxygen atoms in total. The molecule has 0 radical (unpaired) electrons. The van der Waals surface area contributed by atoms with Gasteiger partial charge in [0.05, 0.1) is 11.4 Å². The molecule has 0 bridgehead atoms. The standard InChI is InChI=1S/C40H25NS2/c1-2-12-26(13-3-1)29-15-6-9-19-34(29)41(28-22-23-32-31-17-7-10-20-35(31)42-37(32)25-28)40-30-16-5-4-14-27(30)24-38-39(40)33-18-8-11-21-36(33)43-38/h1-25H. The highest BCUT2D eigenvalue weighted by molar-refractivity contribution is 7.26. The van der Waals surface area contributed by atoms with Gasteiger partial charge in [0.2, 0.25) is 0 Å². The van der Waals surface area contributed by atoms with Gasteiger partial charge in [-0.1, -0.05) is 115 Å². The van der Waals surface area contributed by atoms with E-state index >= 15 is 0 Å². The molecule has 0 saturated heterocycles. The Balaban J connectivity index is 1.44. The fourth-order valence-corrected chi connectivity index (χ4v) is 8.83. The first-order chi connectivity index (χ1) is 21.3. The van der Waals surface area contributed by atoms with Gasteiger partial charge in [-0.25, -0.2) is 0 Å². The van der Waals surface area contributed by atoms with Crippen LogP contribution in [0.15, 0.2) is 152 Å². The maximum atomic E-state index is 2.52. The zero-order chi connectivity index (χ0) is 28.3. The quantitative estimate of drug-likeness (QED) is 0.199. The van der Waals surface area contributed by atoms with E-state index in [2.05, 4.69) is 157 Å². The zero-order valence-electron chi connectivity index (χ0n) is 23.2. The Morgan fingerprint density at radius 1 is 0.419 bits per heavy atom. The van der Waals surface area contributed by atoms with E-state index in [0.717, 1.165) is 5.69 Å². The summed E-state index contributed by atoms with van der Waals surface area (Å²) >= 11 is 3.75. The van der Waals surface area contributed by atoms with Crippen LogP contribution in [0.1, 0.15) is 0 Å². The van der Waals surface area contributed by atoms with Gasteiger partial charge in [-0.15, -0.1) is 22.7 Å². The van der Waals surface area contributed by atoms with Gasteiger partial charge in [-0.2, -0.15) is 0 Å². The number of hydrogen-bond acceptors (Lipinski definition) is 3. The lowest BCUT2D eigenvalue weighted by Gasteiger charge is -2.30. The predicted octanol–water partition coefficient (Wildman–Crippen LogP) is 12.7. The van der Waals surface area contributed by atoms with E-state index in [0.29, 0.717) is 0 Å². The average Bonchev–Trinajstić information content (AvgIpc) is 3.63. The first-order valence-corrected chi connectivity index (χ1v) is 16.2. The highest BCUT2D eigenvalue weighted by Crippen LogP contribution is 2.51. The lowest BCUT2D eigenvalue weighted by molar-refractivity contribution is 1.32. The van der Waals surface area contributed by atoms with E-state index < -0.39 is 0 Å². The molecule has 7 aromatic carbocycles. The van der Waals surface area contributed by atoms with Gasteiger partial charge in [-0.05, 0) is 47.3 Å². The van der Waals surface area contributed by atoms with Crippen LogP contribution in [0.2, 0.25) is 0 Å². The lowest BCUT2D eigenvalue weighted by Crippen LogP contribution is -2.12. The van der Waals surface area contributed by atoms with Gasteiger partial charge in [0.25, 0.3) is 0 Å². The first kappa shape index (κ1) is 24.6. The van der Waals surface area contributed by atoms with Crippen LogP contribution in [0.3, 0.4) is 0 Å². The Morgan fingerprint density at radius 2 is 1.05 bits per heavy atom. The van der Waals surface area contributed by atoms with Crippen LogP contribution in [0.4, 0.5) is 17.1 Å². The summed E-state index contributed by atoms with van der Waals surface area (Å²) in [7, 11) is 0. The van der Waals surface area contributed by atoms with Crippen LogP contribution in [-0.4, -0.2) is 0 Å². The number of benzene rings is 7. The van der Waals surface area contributed by atoms with Crippen molar-refractivity contribution < 1.29 is 0 Å². The molecule has 43 heavy (non-hydrogen) atoms. The number of para-hydroxylation sites is 1. The van der Waals surface area contributed by atoms with Crippen LogP contribution in [-0.2, 0) is 0 Å². The molecule has 0 saturated carbocycles. The molecule has 0 amide bonds. The van der Waals surface area contributed by atoms with Gasteiger partial charge in [0.1, 0.15) is 0 Å². The largest absolute Gasteiger partial charge is 0.309 e. The highest BCUT2D eigenvalue weighted by Gasteiger charge is 2.24. The van der Waals surface area contributed by atoms with Crippen LogP contribution >= 0.6 is 22.7 Å². The number of fused-ring (bicyclic) bond motifs is 7. The molecule has 0 fully saturated rings. The van der Waals surface area contributed by atoms with E-state index in [-0.39, 0.29) is 0 Å². The summed E-state index contributed by atoms with van der Waals surface area (Å²) in [5.74, 6) is 0. The predicted molar refractivity (Wildman–Crippen MR) is 190 cm³/mol. The van der Waals surface area contributed by atoms with Gasteiger partial charge in [-0.3, -0.25) is 0 Å². The molecule has 2 aromatic heterocycles. The Hall–Kier alpha value is -4.96. The third-order valence-corrected chi connectivity index (χ3v) is 10.7. The smallest absolute Gasteiger partial charge is 0.0633 e. The molecule has 9 aromatic rings. The second-order valence-electron chi connectivity index (χ2n) is 10.9. The summed E-state index contributed by atoms with van der Waals surface area (Å²) in [6.45, 7) is 0. The third kappa shape index (κ3) is 3.90. The normalized spacial score (nSPS) is 11.7. The Kier molecular flexibility index (Phi) is 5.62. The van der Waals surface area contributed by atoms with Crippen molar-refractivity contribution in [1.82, 2.24) is 0 Å².